The third-order valence-corrected chi connectivity index (χ3v) is 3.88. The fraction of sp³-hybridized carbons (Fsp3) is 0.286. The zero-order valence-corrected chi connectivity index (χ0v) is 16.3. The van der Waals surface area contributed by atoms with Gasteiger partial charge in [-0.1, -0.05) is 30.3 Å². The van der Waals surface area contributed by atoms with Crippen LogP contribution in [0.2, 0.25) is 0 Å². The third-order valence-electron chi connectivity index (χ3n) is 3.88. The van der Waals surface area contributed by atoms with Gasteiger partial charge in [0.2, 0.25) is 0 Å². The number of rotatable bonds is 10. The fourth-order valence-corrected chi connectivity index (χ4v) is 2.28. The zero-order valence-electron chi connectivity index (χ0n) is 16.3. The second-order valence-corrected chi connectivity index (χ2v) is 5.94. The van der Waals surface area contributed by atoms with Crippen molar-refractivity contribution in [2.75, 3.05) is 33.9 Å². The number of benzene rings is 2. The molecule has 0 bridgehead atoms. The predicted octanol–water partition coefficient (Wildman–Crippen LogP) is 1.82. The molecule has 0 saturated carbocycles. The van der Waals surface area contributed by atoms with Crippen molar-refractivity contribution in [2.24, 2.45) is 0 Å². The number of carbonyl (C=O) groups excluding carboxylic acids is 3. The molecule has 0 saturated heterocycles. The van der Waals surface area contributed by atoms with E-state index in [2.05, 4.69) is 9.47 Å². The Hall–Kier alpha value is -3.55. The molecule has 0 aliphatic heterocycles. The van der Waals surface area contributed by atoms with E-state index < -0.39 is 17.8 Å². The highest BCUT2D eigenvalue weighted by Gasteiger charge is 2.21. The highest BCUT2D eigenvalue weighted by atomic mass is 16.5. The summed E-state index contributed by atoms with van der Waals surface area (Å²) in [7, 11) is 2.39. The maximum absolute atomic E-state index is 12.3. The Morgan fingerprint density at radius 1 is 0.759 bits per heavy atom. The maximum atomic E-state index is 12.3. The Balaban J connectivity index is 1.87. The van der Waals surface area contributed by atoms with Crippen LogP contribution in [-0.2, 0) is 30.5 Å². The normalized spacial score (nSPS) is 10.0. The lowest BCUT2D eigenvalue weighted by molar-refractivity contribution is -0.152. The number of esters is 2. The van der Waals surface area contributed by atoms with Gasteiger partial charge in [-0.15, -0.1) is 0 Å². The maximum Gasteiger partial charge on any atom is 0.325 e. The molecule has 0 N–H and O–H groups in total. The van der Waals surface area contributed by atoms with Gasteiger partial charge >= 0.3 is 11.9 Å². The summed E-state index contributed by atoms with van der Waals surface area (Å²) < 4.78 is 20.2. The van der Waals surface area contributed by atoms with Gasteiger partial charge in [0, 0.05) is 0 Å². The molecule has 0 heterocycles. The van der Waals surface area contributed by atoms with E-state index in [-0.39, 0.29) is 19.7 Å². The summed E-state index contributed by atoms with van der Waals surface area (Å²) >= 11 is 0. The summed E-state index contributed by atoms with van der Waals surface area (Å²) in [5, 5.41) is 0. The molecule has 0 radical (unpaired) electrons. The molecular weight excluding hydrogens is 378 g/mol. The van der Waals surface area contributed by atoms with Crippen molar-refractivity contribution >= 4 is 17.8 Å². The lowest BCUT2D eigenvalue weighted by Gasteiger charge is -2.20. The minimum atomic E-state index is -0.651. The molecule has 29 heavy (non-hydrogen) atoms. The van der Waals surface area contributed by atoms with Crippen molar-refractivity contribution in [1.29, 1.82) is 0 Å². The van der Waals surface area contributed by atoms with Crippen LogP contribution in [0.4, 0.5) is 0 Å². The molecular formula is C21H23NO7. The van der Waals surface area contributed by atoms with Crippen LogP contribution in [0.3, 0.4) is 0 Å². The first kappa shape index (κ1) is 21.7. The summed E-state index contributed by atoms with van der Waals surface area (Å²) in [5.74, 6) is -0.749. The van der Waals surface area contributed by atoms with Crippen molar-refractivity contribution in [3.8, 4) is 11.5 Å². The van der Waals surface area contributed by atoms with Crippen LogP contribution in [-0.4, -0.2) is 56.7 Å². The average Bonchev–Trinajstić information content (AvgIpc) is 2.76. The van der Waals surface area contributed by atoms with Crippen LogP contribution in [0.15, 0.2) is 54.6 Å². The highest BCUT2D eigenvalue weighted by molar-refractivity contribution is 5.86. The molecule has 0 aromatic heterocycles. The van der Waals surface area contributed by atoms with Gasteiger partial charge in [0.1, 0.15) is 31.2 Å². The van der Waals surface area contributed by atoms with Crippen molar-refractivity contribution < 1.29 is 33.3 Å². The van der Waals surface area contributed by atoms with E-state index in [0.29, 0.717) is 18.1 Å². The minimum Gasteiger partial charge on any atom is -0.489 e. The molecule has 0 aliphatic carbocycles. The van der Waals surface area contributed by atoms with E-state index in [1.165, 1.54) is 14.2 Å². The molecule has 2 rings (SSSR count). The van der Waals surface area contributed by atoms with E-state index >= 15 is 0 Å². The zero-order chi connectivity index (χ0) is 21.1. The first-order valence-corrected chi connectivity index (χ1v) is 8.83. The Bertz CT molecular complexity index is 788. The fourth-order valence-electron chi connectivity index (χ4n) is 2.28. The largest absolute Gasteiger partial charge is 0.489 e. The summed E-state index contributed by atoms with van der Waals surface area (Å²) in [6, 6.07) is 16.5. The van der Waals surface area contributed by atoms with Gasteiger partial charge in [-0.25, -0.2) is 0 Å². The monoisotopic (exact) mass is 401 g/mol. The summed E-state index contributed by atoms with van der Waals surface area (Å²) in [6.07, 6.45) is 0. The summed E-state index contributed by atoms with van der Waals surface area (Å²) in [6.45, 7) is -0.659. The summed E-state index contributed by atoms with van der Waals surface area (Å²) in [5.41, 5.74) is 1.05. The smallest absolute Gasteiger partial charge is 0.325 e. The van der Waals surface area contributed by atoms with Gasteiger partial charge in [-0.2, -0.15) is 0 Å². The number of nitrogens with zero attached hydrogens (tertiary/aromatic N) is 1. The highest BCUT2D eigenvalue weighted by Crippen LogP contribution is 2.18. The van der Waals surface area contributed by atoms with E-state index in [0.717, 1.165) is 10.5 Å². The van der Waals surface area contributed by atoms with Crippen LogP contribution >= 0.6 is 0 Å². The molecule has 154 valence electrons. The molecule has 1 amide bonds. The summed E-state index contributed by atoms with van der Waals surface area (Å²) in [4.78, 5) is 36.2. The van der Waals surface area contributed by atoms with Crippen LogP contribution in [0.1, 0.15) is 5.56 Å². The number of amides is 1. The van der Waals surface area contributed by atoms with E-state index in [1.807, 2.05) is 30.3 Å². The van der Waals surface area contributed by atoms with Gasteiger partial charge in [-0.05, 0) is 29.8 Å². The molecule has 2 aromatic rings. The van der Waals surface area contributed by atoms with Crippen LogP contribution in [0, 0.1) is 0 Å². The van der Waals surface area contributed by atoms with Gasteiger partial charge in [0.25, 0.3) is 5.91 Å². The van der Waals surface area contributed by atoms with Crippen LogP contribution < -0.4 is 9.47 Å². The third kappa shape index (κ3) is 7.53. The number of ether oxygens (including phenoxy) is 4. The second kappa shape index (κ2) is 11.3. The molecule has 0 aliphatic rings. The van der Waals surface area contributed by atoms with Crippen molar-refractivity contribution in [3.05, 3.63) is 60.2 Å². The minimum absolute atomic E-state index is 0.349. The van der Waals surface area contributed by atoms with Crippen LogP contribution in [0.25, 0.3) is 0 Å². The Labute approximate surface area is 168 Å². The van der Waals surface area contributed by atoms with Crippen molar-refractivity contribution in [3.63, 3.8) is 0 Å². The van der Waals surface area contributed by atoms with Gasteiger partial charge in [-0.3, -0.25) is 14.4 Å². The number of carbonyl (C=O) groups is 3. The second-order valence-electron chi connectivity index (χ2n) is 5.94. The molecule has 0 unspecified atom stereocenters. The quantitative estimate of drug-likeness (QED) is 0.561. The Morgan fingerprint density at radius 3 is 1.79 bits per heavy atom. The topological polar surface area (TPSA) is 91.4 Å². The average molecular weight is 401 g/mol. The van der Waals surface area contributed by atoms with E-state index in [9.17, 15) is 14.4 Å². The van der Waals surface area contributed by atoms with Gasteiger partial charge in [0.15, 0.2) is 6.61 Å². The molecule has 0 spiro atoms. The van der Waals surface area contributed by atoms with Crippen molar-refractivity contribution in [1.82, 2.24) is 4.90 Å². The molecule has 0 atom stereocenters. The van der Waals surface area contributed by atoms with Gasteiger partial charge in [0.05, 0.1) is 14.2 Å². The van der Waals surface area contributed by atoms with E-state index in [4.69, 9.17) is 9.47 Å². The SMILES string of the molecule is COC(=O)CN(CC(=O)OC)C(=O)COc1ccc(OCc2ccccc2)cc1. The Morgan fingerprint density at radius 2 is 1.28 bits per heavy atom. The molecule has 2 aromatic carbocycles. The lowest BCUT2D eigenvalue weighted by atomic mass is 10.2. The van der Waals surface area contributed by atoms with Crippen molar-refractivity contribution in [2.45, 2.75) is 6.61 Å². The lowest BCUT2D eigenvalue weighted by Crippen LogP contribution is -2.42. The first-order valence-electron chi connectivity index (χ1n) is 8.83. The predicted molar refractivity (Wildman–Crippen MR) is 103 cm³/mol. The number of hydrogen-bond donors (Lipinski definition) is 0. The van der Waals surface area contributed by atoms with Crippen LogP contribution in [0.5, 0.6) is 11.5 Å². The molecule has 8 nitrogen and oxygen atoms in total. The van der Waals surface area contributed by atoms with Gasteiger partial charge < -0.3 is 23.8 Å². The molecule has 8 heteroatoms. The first-order chi connectivity index (χ1) is 14.0. The van der Waals surface area contributed by atoms with E-state index in [1.54, 1.807) is 24.3 Å². The Kier molecular flexibility index (Phi) is 8.50. The number of methoxy groups -OCH3 is 2. The number of hydrogen-bond acceptors (Lipinski definition) is 7. The standard InChI is InChI=1S/C21H23NO7/c1-26-20(24)12-22(13-21(25)27-2)19(23)15-29-18-10-8-17(9-11-18)28-14-16-6-4-3-5-7-16/h3-11H,12-15H2,1-2H3. The molecule has 0 fully saturated rings.